The van der Waals surface area contributed by atoms with Crippen molar-refractivity contribution in [3.05, 3.63) is 60.6 Å². The van der Waals surface area contributed by atoms with Crippen LogP contribution in [0.4, 0.5) is 0 Å². The number of nitrogens with one attached hydrogen (secondary N) is 1. The molecule has 0 amide bonds. The Bertz CT molecular complexity index is 915. The highest BCUT2D eigenvalue weighted by Gasteiger charge is 2.22. The van der Waals surface area contributed by atoms with Gasteiger partial charge in [0.15, 0.2) is 17.4 Å². The molecule has 1 aromatic carbocycles. The number of hydrogen-bond donors (Lipinski definition) is 1. The van der Waals surface area contributed by atoms with Gasteiger partial charge in [-0.3, -0.25) is 4.40 Å². The smallest absolute Gasteiger partial charge is 0.194 e. The molecule has 1 fully saturated rings. The van der Waals surface area contributed by atoms with Crippen molar-refractivity contribution in [3.63, 3.8) is 0 Å². The van der Waals surface area contributed by atoms with Gasteiger partial charge in [0.1, 0.15) is 18.4 Å². The summed E-state index contributed by atoms with van der Waals surface area (Å²) < 4.78 is 8.08. The Balaban J connectivity index is 1.38. The quantitative estimate of drug-likeness (QED) is 0.546. The maximum atomic E-state index is 6.10. The van der Waals surface area contributed by atoms with Gasteiger partial charge in [0.2, 0.25) is 0 Å². The molecular formula is C21H26N6O. The Morgan fingerprint density at radius 2 is 1.89 bits per heavy atom. The highest BCUT2D eigenvalue weighted by Crippen LogP contribution is 2.18. The first-order valence-corrected chi connectivity index (χ1v) is 9.87. The number of hydrogen-bond acceptors (Lipinski definition) is 4. The fourth-order valence-electron chi connectivity index (χ4n) is 3.45. The van der Waals surface area contributed by atoms with Gasteiger partial charge in [0.25, 0.3) is 0 Å². The molecule has 2 aromatic heterocycles. The third kappa shape index (κ3) is 4.24. The van der Waals surface area contributed by atoms with Crippen molar-refractivity contribution < 1.29 is 4.74 Å². The number of para-hydroxylation sites is 1. The second-order valence-electron chi connectivity index (χ2n) is 6.83. The molecule has 28 heavy (non-hydrogen) atoms. The van der Waals surface area contributed by atoms with Gasteiger partial charge in [-0.1, -0.05) is 24.3 Å². The minimum absolute atomic E-state index is 0.252. The van der Waals surface area contributed by atoms with E-state index < -0.39 is 0 Å². The fraction of sp³-hybridized carbons (Fsp3) is 0.381. The predicted molar refractivity (Wildman–Crippen MR) is 109 cm³/mol. The third-order valence-corrected chi connectivity index (χ3v) is 4.88. The van der Waals surface area contributed by atoms with E-state index in [1.165, 1.54) is 0 Å². The van der Waals surface area contributed by atoms with Gasteiger partial charge in [-0.25, -0.2) is 4.99 Å². The van der Waals surface area contributed by atoms with E-state index in [2.05, 4.69) is 27.3 Å². The maximum absolute atomic E-state index is 6.10. The molecule has 3 heterocycles. The van der Waals surface area contributed by atoms with Gasteiger partial charge in [-0.2, -0.15) is 0 Å². The lowest BCUT2D eigenvalue weighted by molar-refractivity contribution is 0.129. The highest BCUT2D eigenvalue weighted by molar-refractivity contribution is 5.80. The lowest BCUT2D eigenvalue weighted by atomic mass is 10.1. The van der Waals surface area contributed by atoms with E-state index in [-0.39, 0.29) is 6.10 Å². The number of piperidine rings is 1. The van der Waals surface area contributed by atoms with Crippen LogP contribution in [0, 0.1) is 0 Å². The standard InChI is InChI=1S/C21H26N6O/c1-2-22-21(23-16-20-25-24-19-10-6-7-13-27(19)20)26-14-11-18(12-15-26)28-17-8-4-3-5-9-17/h3-10,13,18H,2,11-12,14-16H2,1H3,(H,22,23). The number of likely N-dealkylation sites (tertiary alicyclic amines) is 1. The van der Waals surface area contributed by atoms with Crippen molar-refractivity contribution in [2.45, 2.75) is 32.4 Å². The van der Waals surface area contributed by atoms with Gasteiger partial charge in [0.05, 0.1) is 0 Å². The molecule has 0 saturated carbocycles. The van der Waals surface area contributed by atoms with Crippen LogP contribution in [0.3, 0.4) is 0 Å². The molecule has 1 aliphatic heterocycles. The Morgan fingerprint density at radius 3 is 2.68 bits per heavy atom. The lowest BCUT2D eigenvalue weighted by Gasteiger charge is -2.34. The molecule has 4 rings (SSSR count). The van der Waals surface area contributed by atoms with Crippen LogP contribution in [-0.2, 0) is 6.54 Å². The fourth-order valence-corrected chi connectivity index (χ4v) is 3.45. The molecule has 1 saturated heterocycles. The van der Waals surface area contributed by atoms with Crippen LogP contribution in [0.25, 0.3) is 5.65 Å². The number of benzene rings is 1. The Kier molecular flexibility index (Phi) is 5.70. The number of fused-ring (bicyclic) bond motifs is 1. The van der Waals surface area contributed by atoms with Crippen molar-refractivity contribution in [2.24, 2.45) is 4.99 Å². The lowest BCUT2D eigenvalue weighted by Crippen LogP contribution is -2.47. The third-order valence-electron chi connectivity index (χ3n) is 4.88. The average molecular weight is 378 g/mol. The zero-order valence-corrected chi connectivity index (χ0v) is 16.2. The SMILES string of the molecule is CCNC(=NCc1nnc2ccccn12)N1CCC(Oc2ccccc2)CC1. The number of pyridine rings is 1. The molecule has 0 spiro atoms. The number of rotatable bonds is 5. The van der Waals surface area contributed by atoms with Gasteiger partial charge >= 0.3 is 0 Å². The number of nitrogens with zero attached hydrogens (tertiary/aromatic N) is 5. The van der Waals surface area contributed by atoms with E-state index in [1.807, 2.05) is 59.1 Å². The molecule has 1 aliphatic rings. The van der Waals surface area contributed by atoms with Crippen molar-refractivity contribution >= 4 is 11.6 Å². The van der Waals surface area contributed by atoms with E-state index in [0.717, 1.165) is 55.7 Å². The second-order valence-corrected chi connectivity index (χ2v) is 6.83. The monoisotopic (exact) mass is 378 g/mol. The molecule has 3 aromatic rings. The molecule has 1 N–H and O–H groups in total. The first kappa shape index (κ1) is 18.3. The molecule has 146 valence electrons. The Morgan fingerprint density at radius 1 is 1.11 bits per heavy atom. The normalized spacial score (nSPS) is 15.8. The van der Waals surface area contributed by atoms with Gasteiger partial charge in [-0.05, 0) is 31.2 Å². The zero-order chi connectivity index (χ0) is 19.2. The average Bonchev–Trinajstić information content (AvgIpc) is 3.16. The molecule has 0 bridgehead atoms. The van der Waals surface area contributed by atoms with Gasteiger partial charge in [0, 0.05) is 38.7 Å². The number of aliphatic imine (C=N–C) groups is 1. The number of aromatic nitrogens is 3. The van der Waals surface area contributed by atoms with Crippen LogP contribution >= 0.6 is 0 Å². The van der Waals surface area contributed by atoms with Crippen molar-refractivity contribution in [1.29, 1.82) is 0 Å². The van der Waals surface area contributed by atoms with Gasteiger partial charge < -0.3 is 15.0 Å². The Labute approximate surface area is 165 Å². The molecular weight excluding hydrogens is 352 g/mol. The van der Waals surface area contributed by atoms with Crippen LogP contribution in [-0.4, -0.2) is 51.2 Å². The topological polar surface area (TPSA) is 67.0 Å². The summed E-state index contributed by atoms with van der Waals surface area (Å²) in [4.78, 5) is 7.11. The molecule has 0 unspecified atom stereocenters. The van der Waals surface area contributed by atoms with Crippen LogP contribution in [0.5, 0.6) is 5.75 Å². The van der Waals surface area contributed by atoms with Crippen LogP contribution in [0.15, 0.2) is 59.7 Å². The first-order valence-electron chi connectivity index (χ1n) is 9.87. The zero-order valence-electron chi connectivity index (χ0n) is 16.2. The summed E-state index contributed by atoms with van der Waals surface area (Å²) in [6.45, 7) is 5.26. The molecule has 7 nitrogen and oxygen atoms in total. The summed E-state index contributed by atoms with van der Waals surface area (Å²) in [6.07, 6.45) is 4.18. The minimum Gasteiger partial charge on any atom is -0.490 e. The van der Waals surface area contributed by atoms with Crippen LogP contribution < -0.4 is 10.1 Å². The summed E-state index contributed by atoms with van der Waals surface area (Å²) in [7, 11) is 0. The van der Waals surface area contributed by atoms with Crippen molar-refractivity contribution in [1.82, 2.24) is 24.8 Å². The predicted octanol–water partition coefficient (Wildman–Crippen LogP) is 2.74. The largest absolute Gasteiger partial charge is 0.490 e. The number of ether oxygens (including phenoxy) is 1. The van der Waals surface area contributed by atoms with E-state index in [0.29, 0.717) is 6.54 Å². The first-order chi connectivity index (χ1) is 13.8. The van der Waals surface area contributed by atoms with Crippen molar-refractivity contribution in [2.75, 3.05) is 19.6 Å². The molecule has 0 radical (unpaired) electrons. The summed E-state index contributed by atoms with van der Waals surface area (Å²) >= 11 is 0. The molecule has 0 aliphatic carbocycles. The summed E-state index contributed by atoms with van der Waals surface area (Å²) in [5.74, 6) is 2.71. The van der Waals surface area contributed by atoms with Crippen molar-refractivity contribution in [3.8, 4) is 5.75 Å². The highest BCUT2D eigenvalue weighted by atomic mass is 16.5. The maximum Gasteiger partial charge on any atom is 0.194 e. The second kappa shape index (κ2) is 8.73. The molecule has 7 heteroatoms. The summed E-state index contributed by atoms with van der Waals surface area (Å²) in [5, 5.41) is 11.9. The molecule has 0 atom stereocenters. The van der Waals surface area contributed by atoms with Gasteiger partial charge in [-0.15, -0.1) is 10.2 Å². The number of guanidine groups is 1. The Hall–Kier alpha value is -3.09. The van der Waals surface area contributed by atoms with E-state index in [9.17, 15) is 0 Å². The van der Waals surface area contributed by atoms with E-state index >= 15 is 0 Å². The van der Waals surface area contributed by atoms with E-state index in [1.54, 1.807) is 0 Å². The summed E-state index contributed by atoms with van der Waals surface area (Å²) in [6, 6.07) is 15.9. The van der Waals surface area contributed by atoms with Crippen LogP contribution in [0.2, 0.25) is 0 Å². The van der Waals surface area contributed by atoms with Crippen LogP contribution in [0.1, 0.15) is 25.6 Å². The summed E-state index contributed by atoms with van der Waals surface area (Å²) in [5.41, 5.74) is 0.844. The van der Waals surface area contributed by atoms with E-state index in [4.69, 9.17) is 9.73 Å². The minimum atomic E-state index is 0.252.